The molecular formula is C14H19BrN2O3. The number of benzene rings is 1. The van der Waals surface area contributed by atoms with Crippen LogP contribution in [0.3, 0.4) is 0 Å². The van der Waals surface area contributed by atoms with Crippen molar-refractivity contribution in [2.24, 2.45) is 5.73 Å². The number of nitrogens with two attached hydrogens (primary N) is 1. The zero-order valence-electron chi connectivity index (χ0n) is 11.4. The van der Waals surface area contributed by atoms with E-state index in [1.807, 2.05) is 19.1 Å². The van der Waals surface area contributed by atoms with Gasteiger partial charge in [0.1, 0.15) is 0 Å². The molecule has 1 amide bonds. The first-order valence-electron chi connectivity index (χ1n) is 6.70. The highest BCUT2D eigenvalue weighted by atomic mass is 79.9. The van der Waals surface area contributed by atoms with Crippen molar-refractivity contribution in [3.63, 3.8) is 0 Å². The minimum Gasteiger partial charge on any atom is -0.490 e. The van der Waals surface area contributed by atoms with E-state index in [0.717, 1.165) is 16.6 Å². The maximum atomic E-state index is 10.8. The Hall–Kier alpha value is -1.27. The maximum absolute atomic E-state index is 10.8. The zero-order valence-corrected chi connectivity index (χ0v) is 13.0. The molecule has 5 nitrogen and oxygen atoms in total. The summed E-state index contributed by atoms with van der Waals surface area (Å²) in [5.41, 5.74) is 6.21. The number of halogens is 1. The summed E-state index contributed by atoms with van der Waals surface area (Å²) in [6.07, 6.45) is 2.50. The van der Waals surface area contributed by atoms with E-state index >= 15 is 0 Å². The molecule has 0 unspecified atom stereocenters. The number of amides is 1. The van der Waals surface area contributed by atoms with Gasteiger partial charge >= 0.3 is 0 Å². The SMILES string of the molecule is CCOc1cc(CNC2CC2)cc(Br)c1OCC(N)=O. The summed E-state index contributed by atoms with van der Waals surface area (Å²) in [6, 6.07) is 4.55. The van der Waals surface area contributed by atoms with Crippen LogP contribution in [0.1, 0.15) is 25.3 Å². The number of carbonyl (C=O) groups is 1. The molecule has 20 heavy (non-hydrogen) atoms. The number of hydrogen-bond donors (Lipinski definition) is 2. The van der Waals surface area contributed by atoms with E-state index in [1.165, 1.54) is 12.8 Å². The molecule has 0 bridgehead atoms. The van der Waals surface area contributed by atoms with Crippen molar-refractivity contribution in [1.82, 2.24) is 5.32 Å². The molecule has 1 aliphatic rings. The maximum Gasteiger partial charge on any atom is 0.255 e. The fourth-order valence-electron chi connectivity index (χ4n) is 1.82. The van der Waals surface area contributed by atoms with E-state index in [2.05, 4.69) is 21.2 Å². The van der Waals surface area contributed by atoms with Gasteiger partial charge in [-0.05, 0) is 53.4 Å². The minimum absolute atomic E-state index is 0.168. The highest BCUT2D eigenvalue weighted by molar-refractivity contribution is 9.10. The first kappa shape index (κ1) is 15.1. The monoisotopic (exact) mass is 342 g/mol. The summed E-state index contributed by atoms with van der Waals surface area (Å²) in [6.45, 7) is 3.05. The molecule has 0 saturated heterocycles. The molecule has 1 aromatic carbocycles. The van der Waals surface area contributed by atoms with Gasteiger partial charge in [0.25, 0.3) is 5.91 Å². The number of rotatable bonds is 8. The van der Waals surface area contributed by atoms with Crippen molar-refractivity contribution < 1.29 is 14.3 Å². The quantitative estimate of drug-likeness (QED) is 0.757. The Morgan fingerprint density at radius 3 is 2.80 bits per heavy atom. The second-order valence-electron chi connectivity index (χ2n) is 4.75. The summed E-state index contributed by atoms with van der Waals surface area (Å²) >= 11 is 3.46. The Kier molecular flexibility index (Phi) is 5.25. The van der Waals surface area contributed by atoms with E-state index in [9.17, 15) is 4.79 Å². The lowest BCUT2D eigenvalue weighted by Crippen LogP contribution is -2.20. The predicted octanol–water partition coefficient (Wildman–Crippen LogP) is 1.96. The molecule has 3 N–H and O–H groups in total. The van der Waals surface area contributed by atoms with Crippen molar-refractivity contribution in [2.45, 2.75) is 32.4 Å². The van der Waals surface area contributed by atoms with E-state index < -0.39 is 5.91 Å². The topological polar surface area (TPSA) is 73.6 Å². The van der Waals surface area contributed by atoms with Crippen molar-refractivity contribution >= 4 is 21.8 Å². The summed E-state index contributed by atoms with van der Waals surface area (Å²) < 4.78 is 11.7. The van der Waals surface area contributed by atoms with Crippen LogP contribution in [0, 0.1) is 0 Å². The van der Waals surface area contributed by atoms with Crippen LogP contribution in [-0.4, -0.2) is 25.2 Å². The Bertz CT molecular complexity index is 490. The average molecular weight is 343 g/mol. The minimum atomic E-state index is -0.515. The Balaban J connectivity index is 2.13. The summed E-state index contributed by atoms with van der Waals surface area (Å²) in [7, 11) is 0. The van der Waals surface area contributed by atoms with Crippen molar-refractivity contribution in [2.75, 3.05) is 13.2 Å². The first-order chi connectivity index (χ1) is 9.60. The Morgan fingerprint density at radius 1 is 1.45 bits per heavy atom. The molecule has 1 aromatic rings. The van der Waals surface area contributed by atoms with E-state index in [-0.39, 0.29) is 6.61 Å². The third-order valence-electron chi connectivity index (χ3n) is 2.90. The normalized spacial score (nSPS) is 14.1. The van der Waals surface area contributed by atoms with Gasteiger partial charge in [-0.1, -0.05) is 0 Å². The molecule has 0 radical (unpaired) electrons. The molecule has 1 saturated carbocycles. The van der Waals surface area contributed by atoms with Crippen molar-refractivity contribution in [3.8, 4) is 11.5 Å². The lowest BCUT2D eigenvalue weighted by atomic mass is 10.2. The lowest BCUT2D eigenvalue weighted by Gasteiger charge is -2.15. The summed E-state index contributed by atoms with van der Waals surface area (Å²) in [5.74, 6) is 0.621. The fourth-order valence-corrected chi connectivity index (χ4v) is 2.42. The highest BCUT2D eigenvalue weighted by Gasteiger charge is 2.20. The molecule has 1 aliphatic carbocycles. The van der Waals surface area contributed by atoms with Crippen LogP contribution in [0.2, 0.25) is 0 Å². The Labute approximate surface area is 126 Å². The molecule has 0 atom stereocenters. The van der Waals surface area contributed by atoms with Gasteiger partial charge in [-0.3, -0.25) is 4.79 Å². The number of nitrogens with one attached hydrogen (secondary N) is 1. The smallest absolute Gasteiger partial charge is 0.255 e. The summed E-state index contributed by atoms with van der Waals surface area (Å²) in [5, 5.41) is 3.45. The van der Waals surface area contributed by atoms with Crippen LogP contribution in [-0.2, 0) is 11.3 Å². The largest absolute Gasteiger partial charge is 0.490 e. The van der Waals surface area contributed by atoms with Crippen LogP contribution in [0.25, 0.3) is 0 Å². The van der Waals surface area contributed by atoms with Gasteiger partial charge in [0.05, 0.1) is 11.1 Å². The molecular weight excluding hydrogens is 324 g/mol. The summed E-state index contributed by atoms with van der Waals surface area (Å²) in [4.78, 5) is 10.8. The van der Waals surface area contributed by atoms with Crippen molar-refractivity contribution in [1.29, 1.82) is 0 Å². The van der Waals surface area contributed by atoms with Gasteiger partial charge in [0, 0.05) is 12.6 Å². The van der Waals surface area contributed by atoms with Crippen LogP contribution < -0.4 is 20.5 Å². The second-order valence-corrected chi connectivity index (χ2v) is 5.60. The molecule has 0 spiro atoms. The lowest BCUT2D eigenvalue weighted by molar-refractivity contribution is -0.119. The first-order valence-corrected chi connectivity index (χ1v) is 7.49. The third kappa shape index (κ3) is 4.38. The van der Waals surface area contributed by atoms with E-state index in [1.54, 1.807) is 0 Å². The van der Waals surface area contributed by atoms with Gasteiger partial charge in [-0.25, -0.2) is 0 Å². The predicted molar refractivity (Wildman–Crippen MR) is 79.9 cm³/mol. The molecule has 0 aromatic heterocycles. The molecule has 0 heterocycles. The van der Waals surface area contributed by atoms with Crippen molar-refractivity contribution in [3.05, 3.63) is 22.2 Å². The number of hydrogen-bond acceptors (Lipinski definition) is 4. The highest BCUT2D eigenvalue weighted by Crippen LogP contribution is 2.37. The molecule has 6 heteroatoms. The molecule has 0 aliphatic heterocycles. The van der Waals surface area contributed by atoms with Crippen LogP contribution >= 0.6 is 15.9 Å². The molecule has 110 valence electrons. The van der Waals surface area contributed by atoms with Crippen LogP contribution in [0.4, 0.5) is 0 Å². The Morgan fingerprint density at radius 2 is 2.20 bits per heavy atom. The van der Waals surface area contributed by atoms with Gasteiger partial charge in [0.2, 0.25) is 0 Å². The number of primary amides is 1. The van der Waals surface area contributed by atoms with Gasteiger partial charge in [0.15, 0.2) is 18.1 Å². The molecule has 1 fully saturated rings. The third-order valence-corrected chi connectivity index (χ3v) is 3.49. The van der Waals surface area contributed by atoms with Crippen LogP contribution in [0.15, 0.2) is 16.6 Å². The molecule has 2 rings (SSSR count). The van der Waals surface area contributed by atoms with Gasteiger partial charge in [-0.2, -0.15) is 0 Å². The fraction of sp³-hybridized carbons (Fsp3) is 0.500. The van der Waals surface area contributed by atoms with Gasteiger partial charge < -0.3 is 20.5 Å². The van der Waals surface area contributed by atoms with E-state index in [4.69, 9.17) is 15.2 Å². The van der Waals surface area contributed by atoms with Gasteiger partial charge in [-0.15, -0.1) is 0 Å². The number of ether oxygens (including phenoxy) is 2. The number of carbonyl (C=O) groups excluding carboxylic acids is 1. The van der Waals surface area contributed by atoms with E-state index in [0.29, 0.717) is 24.1 Å². The standard InChI is InChI=1S/C14H19BrN2O3/c1-2-19-12-6-9(7-17-10-3-4-10)5-11(15)14(12)20-8-13(16)18/h5-6,10,17H,2-4,7-8H2,1H3,(H2,16,18). The average Bonchev–Trinajstić information content (AvgIpc) is 3.19. The van der Waals surface area contributed by atoms with Crippen LogP contribution in [0.5, 0.6) is 11.5 Å². The zero-order chi connectivity index (χ0) is 14.5. The second kappa shape index (κ2) is 6.95.